The second kappa shape index (κ2) is 6.13. The Morgan fingerprint density at radius 1 is 1.53 bits per heavy atom. The Morgan fingerprint density at radius 2 is 2.26 bits per heavy atom. The number of aliphatic hydroxyl groups is 1. The van der Waals surface area contributed by atoms with E-state index in [2.05, 4.69) is 5.32 Å². The van der Waals surface area contributed by atoms with E-state index < -0.39 is 6.10 Å². The van der Waals surface area contributed by atoms with Gasteiger partial charge in [0, 0.05) is 25.0 Å². The number of aliphatic hydroxyl groups excluding tert-OH is 1. The van der Waals surface area contributed by atoms with Crippen molar-refractivity contribution in [3.05, 3.63) is 28.8 Å². The minimum absolute atomic E-state index is 0.159. The van der Waals surface area contributed by atoms with Gasteiger partial charge in [0.25, 0.3) is 5.91 Å². The number of β-amino-alcohol motifs (C(OH)–C–C–N with tert-alkyl or cyclic N) is 1. The summed E-state index contributed by atoms with van der Waals surface area (Å²) in [6, 6.07) is 5.20. The Balaban J connectivity index is 2.23. The number of carbonyl (C=O) groups excluding carboxylic acids is 1. The number of likely N-dealkylation sites (N-methyl/N-ethyl adjacent to an activating group) is 1. The van der Waals surface area contributed by atoms with Crippen LogP contribution < -0.4 is 5.32 Å². The number of carbonyl (C=O) groups is 1. The zero-order valence-electron chi connectivity index (χ0n) is 10.9. The lowest BCUT2D eigenvalue weighted by atomic mass is 10.1. The lowest BCUT2D eigenvalue weighted by Gasteiger charge is -2.26. The first-order valence-corrected chi connectivity index (χ1v) is 7.64. The van der Waals surface area contributed by atoms with Crippen LogP contribution in [0.2, 0.25) is 5.02 Å². The highest BCUT2D eigenvalue weighted by Crippen LogP contribution is 2.25. The van der Waals surface area contributed by atoms with Crippen molar-refractivity contribution in [3.63, 3.8) is 0 Å². The number of benzene rings is 1. The number of amides is 1. The molecule has 0 saturated carbocycles. The van der Waals surface area contributed by atoms with Gasteiger partial charge in [-0.15, -0.1) is 11.8 Å². The van der Waals surface area contributed by atoms with Crippen LogP contribution in [0, 0.1) is 0 Å². The van der Waals surface area contributed by atoms with Gasteiger partial charge in [-0.1, -0.05) is 11.6 Å². The molecule has 6 heteroatoms. The standard InChI is InChI=1S/C13H17ClN2O2S/c1-16(11-6-15-7-12(11)17)13(18)9-5-8(19-2)3-4-10(9)14/h3-5,11-12,15,17H,6-7H2,1-2H3/t11-,12-/m1/s1. The van der Waals surface area contributed by atoms with E-state index in [-0.39, 0.29) is 11.9 Å². The average molecular weight is 301 g/mol. The summed E-state index contributed by atoms with van der Waals surface area (Å²) in [4.78, 5) is 15.0. The molecule has 1 heterocycles. The highest BCUT2D eigenvalue weighted by Gasteiger charge is 2.32. The van der Waals surface area contributed by atoms with Gasteiger partial charge >= 0.3 is 0 Å². The van der Waals surface area contributed by atoms with E-state index in [0.717, 1.165) is 4.90 Å². The Hall–Kier alpha value is -0.750. The number of nitrogens with zero attached hydrogens (tertiary/aromatic N) is 1. The summed E-state index contributed by atoms with van der Waals surface area (Å²) in [5.41, 5.74) is 0.482. The second-order valence-corrected chi connectivity index (χ2v) is 5.84. The van der Waals surface area contributed by atoms with Crippen LogP contribution >= 0.6 is 23.4 Å². The Labute approximate surface area is 122 Å². The summed E-state index contributed by atoms with van der Waals surface area (Å²) in [6.07, 6.45) is 1.42. The van der Waals surface area contributed by atoms with Crippen molar-refractivity contribution in [3.8, 4) is 0 Å². The van der Waals surface area contributed by atoms with Gasteiger partial charge in [0.15, 0.2) is 0 Å². The minimum Gasteiger partial charge on any atom is -0.390 e. The molecule has 1 aliphatic heterocycles. The molecule has 0 bridgehead atoms. The van der Waals surface area contributed by atoms with Crippen molar-refractivity contribution in [2.75, 3.05) is 26.4 Å². The van der Waals surface area contributed by atoms with E-state index in [9.17, 15) is 9.90 Å². The molecule has 1 amide bonds. The lowest BCUT2D eigenvalue weighted by molar-refractivity contribution is 0.0581. The summed E-state index contributed by atoms with van der Waals surface area (Å²) < 4.78 is 0. The third-order valence-electron chi connectivity index (χ3n) is 3.37. The maximum absolute atomic E-state index is 12.5. The van der Waals surface area contributed by atoms with E-state index >= 15 is 0 Å². The van der Waals surface area contributed by atoms with Gasteiger partial charge in [0.05, 0.1) is 22.7 Å². The van der Waals surface area contributed by atoms with Crippen molar-refractivity contribution in [2.24, 2.45) is 0 Å². The molecule has 2 N–H and O–H groups in total. The van der Waals surface area contributed by atoms with Crippen molar-refractivity contribution in [2.45, 2.75) is 17.0 Å². The number of rotatable bonds is 3. The first kappa shape index (κ1) is 14.7. The molecule has 0 aromatic heterocycles. The molecule has 2 rings (SSSR count). The van der Waals surface area contributed by atoms with Crippen LogP contribution in [0.4, 0.5) is 0 Å². The van der Waals surface area contributed by atoms with E-state index in [4.69, 9.17) is 11.6 Å². The van der Waals surface area contributed by atoms with Crippen LogP contribution in [-0.4, -0.2) is 54.5 Å². The van der Waals surface area contributed by atoms with E-state index in [1.54, 1.807) is 35.8 Å². The lowest BCUT2D eigenvalue weighted by Crippen LogP contribution is -2.44. The highest BCUT2D eigenvalue weighted by molar-refractivity contribution is 7.98. The first-order valence-electron chi connectivity index (χ1n) is 6.04. The third kappa shape index (κ3) is 3.05. The molecule has 1 aliphatic rings. The van der Waals surface area contributed by atoms with Crippen LogP contribution in [0.1, 0.15) is 10.4 Å². The number of nitrogens with one attached hydrogen (secondary N) is 1. The van der Waals surface area contributed by atoms with Gasteiger partial charge in [0.1, 0.15) is 0 Å². The molecular formula is C13H17ClN2O2S. The van der Waals surface area contributed by atoms with Crippen molar-refractivity contribution < 1.29 is 9.90 Å². The van der Waals surface area contributed by atoms with Crippen LogP contribution in [0.3, 0.4) is 0 Å². The van der Waals surface area contributed by atoms with Crippen LogP contribution in [0.5, 0.6) is 0 Å². The fourth-order valence-corrected chi connectivity index (χ4v) is 2.82. The molecular weight excluding hydrogens is 284 g/mol. The van der Waals surface area contributed by atoms with Crippen molar-refractivity contribution in [1.29, 1.82) is 0 Å². The topological polar surface area (TPSA) is 52.6 Å². The van der Waals surface area contributed by atoms with Gasteiger partial charge < -0.3 is 15.3 Å². The normalized spacial score (nSPS) is 22.5. The molecule has 4 nitrogen and oxygen atoms in total. The molecule has 2 atom stereocenters. The average Bonchev–Trinajstić information content (AvgIpc) is 2.84. The minimum atomic E-state index is -0.531. The maximum atomic E-state index is 12.5. The summed E-state index contributed by atoms with van der Waals surface area (Å²) in [5, 5.41) is 13.3. The maximum Gasteiger partial charge on any atom is 0.255 e. The largest absolute Gasteiger partial charge is 0.390 e. The quantitative estimate of drug-likeness (QED) is 0.830. The smallest absolute Gasteiger partial charge is 0.255 e. The van der Waals surface area contributed by atoms with Crippen molar-refractivity contribution >= 4 is 29.3 Å². The zero-order valence-corrected chi connectivity index (χ0v) is 12.5. The zero-order chi connectivity index (χ0) is 14.0. The van der Waals surface area contributed by atoms with Gasteiger partial charge in [-0.3, -0.25) is 4.79 Å². The third-order valence-corrected chi connectivity index (χ3v) is 4.43. The SMILES string of the molecule is CSc1ccc(Cl)c(C(=O)N(C)[C@@H]2CNC[C@H]2O)c1. The molecule has 1 fully saturated rings. The van der Waals surface area contributed by atoms with E-state index in [0.29, 0.717) is 23.7 Å². The fraction of sp³-hybridized carbons (Fsp3) is 0.462. The van der Waals surface area contributed by atoms with Gasteiger partial charge in [-0.05, 0) is 24.5 Å². The summed E-state index contributed by atoms with van der Waals surface area (Å²) in [6.45, 7) is 1.12. The van der Waals surface area contributed by atoms with Gasteiger partial charge in [0.2, 0.25) is 0 Å². The molecule has 0 spiro atoms. The van der Waals surface area contributed by atoms with Crippen LogP contribution in [0.25, 0.3) is 0 Å². The molecule has 1 aromatic rings. The molecule has 0 aliphatic carbocycles. The van der Waals surface area contributed by atoms with Gasteiger partial charge in [-0.25, -0.2) is 0 Å². The Morgan fingerprint density at radius 3 is 2.84 bits per heavy atom. The number of hydrogen-bond acceptors (Lipinski definition) is 4. The van der Waals surface area contributed by atoms with E-state index in [1.807, 2.05) is 12.3 Å². The highest BCUT2D eigenvalue weighted by atomic mass is 35.5. The molecule has 1 saturated heterocycles. The molecule has 0 unspecified atom stereocenters. The predicted molar refractivity (Wildman–Crippen MR) is 78.0 cm³/mol. The monoisotopic (exact) mass is 300 g/mol. The molecule has 19 heavy (non-hydrogen) atoms. The first-order chi connectivity index (χ1) is 9.04. The molecule has 104 valence electrons. The Kier molecular flexibility index (Phi) is 4.73. The number of thioether (sulfide) groups is 1. The molecule has 1 aromatic carbocycles. The fourth-order valence-electron chi connectivity index (χ4n) is 2.18. The second-order valence-electron chi connectivity index (χ2n) is 4.55. The number of hydrogen-bond donors (Lipinski definition) is 2. The summed E-state index contributed by atoms with van der Waals surface area (Å²) in [7, 11) is 1.70. The van der Waals surface area contributed by atoms with Gasteiger partial charge in [-0.2, -0.15) is 0 Å². The summed E-state index contributed by atoms with van der Waals surface area (Å²) >= 11 is 7.66. The number of halogens is 1. The van der Waals surface area contributed by atoms with Crippen LogP contribution in [0.15, 0.2) is 23.1 Å². The van der Waals surface area contributed by atoms with E-state index in [1.165, 1.54) is 0 Å². The predicted octanol–water partition coefficient (Wildman–Crippen LogP) is 1.47. The molecule has 0 radical (unpaired) electrons. The van der Waals surface area contributed by atoms with Crippen LogP contribution in [-0.2, 0) is 0 Å². The summed E-state index contributed by atoms with van der Waals surface area (Å²) in [5.74, 6) is -0.159. The Bertz CT molecular complexity index is 484. The van der Waals surface area contributed by atoms with Crippen molar-refractivity contribution in [1.82, 2.24) is 10.2 Å².